The molecule has 1 unspecified atom stereocenters. The molecule has 1 aromatic carbocycles. The van der Waals surface area contributed by atoms with Gasteiger partial charge in [0.25, 0.3) is 0 Å². The third-order valence-corrected chi connectivity index (χ3v) is 2.99. The van der Waals surface area contributed by atoms with E-state index in [2.05, 4.69) is 36.6 Å². The predicted octanol–water partition coefficient (Wildman–Crippen LogP) is 2.73. The van der Waals surface area contributed by atoms with Gasteiger partial charge in [0.05, 0.1) is 5.69 Å². The monoisotopic (exact) mass is 326 g/mol. The molecule has 0 amide bonds. The van der Waals surface area contributed by atoms with Crippen molar-refractivity contribution in [3.8, 4) is 0 Å². The zero-order chi connectivity index (χ0) is 10.0. The van der Waals surface area contributed by atoms with Crippen molar-refractivity contribution in [3.63, 3.8) is 0 Å². The van der Waals surface area contributed by atoms with Gasteiger partial charge in [-0.05, 0) is 56.5 Å². The van der Waals surface area contributed by atoms with E-state index in [1.807, 2.05) is 19.1 Å². The summed E-state index contributed by atoms with van der Waals surface area (Å²) in [5.41, 5.74) is 1.56. The van der Waals surface area contributed by atoms with Crippen LogP contribution in [0.15, 0.2) is 21.1 Å². The van der Waals surface area contributed by atoms with Gasteiger partial charge in [-0.25, -0.2) is 0 Å². The van der Waals surface area contributed by atoms with E-state index in [-0.39, 0.29) is 0 Å². The van der Waals surface area contributed by atoms with Crippen molar-refractivity contribution in [1.29, 1.82) is 0 Å². The van der Waals surface area contributed by atoms with Crippen molar-refractivity contribution in [2.75, 3.05) is 4.72 Å². The molecule has 0 bridgehead atoms. The third-order valence-electron chi connectivity index (χ3n) is 1.37. The average molecular weight is 328 g/mol. The molecule has 3 nitrogen and oxygen atoms in total. The molecule has 0 spiro atoms. The fourth-order valence-electron chi connectivity index (χ4n) is 0.881. The first-order valence-electron chi connectivity index (χ1n) is 3.32. The van der Waals surface area contributed by atoms with Gasteiger partial charge >= 0.3 is 0 Å². The normalized spacial score (nSPS) is 12.6. The molecule has 1 rings (SSSR count). The van der Waals surface area contributed by atoms with Crippen LogP contribution in [0.5, 0.6) is 0 Å². The topological polar surface area (TPSA) is 52.2 Å². The van der Waals surface area contributed by atoms with Gasteiger partial charge in [0.15, 0.2) is 0 Å². The number of hydrogen-bond acceptors (Lipinski definition) is 2. The summed E-state index contributed by atoms with van der Waals surface area (Å²) < 4.78 is 24.5. The van der Waals surface area contributed by atoms with Crippen molar-refractivity contribution < 1.29 is 8.76 Å². The highest BCUT2D eigenvalue weighted by Crippen LogP contribution is 2.32. The highest BCUT2D eigenvalue weighted by Gasteiger charge is 2.05. The Morgan fingerprint density at radius 1 is 1.38 bits per heavy atom. The molecule has 6 heteroatoms. The molecule has 0 saturated heterocycles. The molecule has 0 aromatic heterocycles. The van der Waals surface area contributed by atoms with Crippen LogP contribution in [0.1, 0.15) is 5.56 Å². The first-order valence-corrected chi connectivity index (χ1v) is 5.98. The van der Waals surface area contributed by atoms with E-state index in [9.17, 15) is 8.76 Å². The Balaban J connectivity index is 3.13. The van der Waals surface area contributed by atoms with Crippen molar-refractivity contribution >= 4 is 48.8 Å². The number of hydrogen-bond donors (Lipinski definition) is 1. The Labute approximate surface area is 95.6 Å². The lowest BCUT2D eigenvalue weighted by atomic mass is 10.2. The Morgan fingerprint density at radius 2 is 1.85 bits per heavy atom. The number of benzene rings is 1. The van der Waals surface area contributed by atoms with E-state index in [0.717, 1.165) is 5.56 Å². The Kier molecular flexibility index (Phi) is 3.90. The first-order chi connectivity index (χ1) is 6.00. The van der Waals surface area contributed by atoms with Gasteiger partial charge in [0.1, 0.15) is 0 Å². The van der Waals surface area contributed by atoms with Crippen molar-refractivity contribution in [1.82, 2.24) is 0 Å². The molecule has 0 fully saturated rings. The fourth-order valence-corrected chi connectivity index (χ4v) is 3.14. The van der Waals surface area contributed by atoms with Gasteiger partial charge < -0.3 is 9.27 Å². The van der Waals surface area contributed by atoms with Gasteiger partial charge in [0.2, 0.25) is 0 Å². The van der Waals surface area contributed by atoms with Crippen LogP contribution in [-0.4, -0.2) is 8.76 Å². The molecule has 0 radical (unpaired) electrons. The molecule has 0 heterocycles. The summed E-state index contributed by atoms with van der Waals surface area (Å²) >= 11 is 4.22. The van der Waals surface area contributed by atoms with E-state index in [1.165, 1.54) is 0 Å². The van der Waals surface area contributed by atoms with E-state index >= 15 is 0 Å². The second-order valence-electron chi connectivity index (χ2n) is 2.44. The van der Waals surface area contributed by atoms with Gasteiger partial charge in [0, 0.05) is 20.2 Å². The van der Waals surface area contributed by atoms with Crippen molar-refractivity contribution in [2.45, 2.75) is 6.92 Å². The second-order valence-corrected chi connectivity index (χ2v) is 4.82. The summed E-state index contributed by atoms with van der Waals surface area (Å²) in [6.07, 6.45) is 0. The van der Waals surface area contributed by atoms with Crippen LogP contribution in [0.4, 0.5) is 5.69 Å². The number of rotatable bonds is 2. The molecule has 0 aliphatic heterocycles. The largest absolute Gasteiger partial charge is 0.755 e. The van der Waals surface area contributed by atoms with E-state index in [4.69, 9.17) is 0 Å². The number of anilines is 1. The third kappa shape index (κ3) is 3.05. The van der Waals surface area contributed by atoms with Gasteiger partial charge in [-0.1, -0.05) is 0 Å². The first kappa shape index (κ1) is 11.2. The maximum atomic E-state index is 10.4. The van der Waals surface area contributed by atoms with Crippen LogP contribution in [0.25, 0.3) is 0 Å². The van der Waals surface area contributed by atoms with Gasteiger partial charge in [-0.2, -0.15) is 0 Å². The number of aryl methyl sites for hydroxylation is 1. The summed E-state index contributed by atoms with van der Waals surface area (Å²) in [6.45, 7) is 1.92. The SMILES string of the molecule is Cc1cc(Br)c(NS(=O)[O-])c(Br)c1. The van der Waals surface area contributed by atoms with Crippen LogP contribution in [0, 0.1) is 6.92 Å². The highest BCUT2D eigenvalue weighted by molar-refractivity contribution is 9.11. The zero-order valence-electron chi connectivity index (χ0n) is 6.64. The zero-order valence-corrected chi connectivity index (χ0v) is 10.6. The molecule has 0 aliphatic rings. The van der Waals surface area contributed by atoms with Crippen molar-refractivity contribution in [3.05, 3.63) is 26.6 Å². The lowest BCUT2D eigenvalue weighted by molar-refractivity contribution is 0.542. The van der Waals surface area contributed by atoms with E-state index < -0.39 is 11.3 Å². The second kappa shape index (κ2) is 4.54. The molecule has 1 atom stereocenters. The lowest BCUT2D eigenvalue weighted by Gasteiger charge is -2.12. The molecule has 1 aromatic rings. The molecule has 0 saturated carbocycles. The van der Waals surface area contributed by atoms with Gasteiger partial charge in [-0.3, -0.25) is 4.21 Å². The van der Waals surface area contributed by atoms with Crippen molar-refractivity contribution in [2.24, 2.45) is 0 Å². The lowest BCUT2D eigenvalue weighted by Crippen LogP contribution is -2.03. The van der Waals surface area contributed by atoms with Gasteiger partial charge in [-0.15, -0.1) is 0 Å². The molecule has 0 aliphatic carbocycles. The van der Waals surface area contributed by atoms with Crippen LogP contribution in [0.3, 0.4) is 0 Å². The summed E-state index contributed by atoms with van der Waals surface area (Å²) in [5.74, 6) is 0. The maximum Gasteiger partial charge on any atom is 0.0738 e. The van der Waals surface area contributed by atoms with E-state index in [0.29, 0.717) is 14.6 Å². The quantitative estimate of drug-likeness (QED) is 0.849. The molecule has 72 valence electrons. The molecule has 1 N–H and O–H groups in total. The summed E-state index contributed by atoms with van der Waals surface area (Å²) in [5, 5.41) is 0. The Morgan fingerprint density at radius 3 is 2.23 bits per heavy atom. The minimum atomic E-state index is -2.30. The predicted molar refractivity (Wildman–Crippen MR) is 59.1 cm³/mol. The minimum Gasteiger partial charge on any atom is -0.755 e. The van der Waals surface area contributed by atoms with E-state index in [1.54, 1.807) is 0 Å². The van der Waals surface area contributed by atoms with Crippen LogP contribution in [-0.2, 0) is 11.3 Å². The summed E-state index contributed by atoms with van der Waals surface area (Å²) in [7, 11) is 0. The Hall–Kier alpha value is 0.0900. The maximum absolute atomic E-state index is 10.4. The standard InChI is InChI=1S/C7H7Br2NO2S/c1-4-2-5(8)7(6(9)3-4)10-13(11)12/h2-3,10H,1H3,(H,11,12)/p-1. The number of halogens is 2. The highest BCUT2D eigenvalue weighted by atomic mass is 79.9. The molecular formula is C7H6Br2NO2S-. The average Bonchev–Trinajstić information content (AvgIpc) is 1.96. The summed E-state index contributed by atoms with van der Waals surface area (Å²) in [4.78, 5) is 0. The minimum absolute atomic E-state index is 0.513. The number of nitrogens with one attached hydrogen (secondary N) is 1. The smallest absolute Gasteiger partial charge is 0.0738 e. The fraction of sp³-hybridized carbons (Fsp3) is 0.143. The Bertz CT molecular complexity index is 333. The van der Waals surface area contributed by atoms with Crippen LogP contribution in [0.2, 0.25) is 0 Å². The van der Waals surface area contributed by atoms with Crippen LogP contribution >= 0.6 is 31.9 Å². The molecule has 13 heavy (non-hydrogen) atoms. The summed E-state index contributed by atoms with van der Waals surface area (Å²) in [6, 6.07) is 3.67. The molecular weight excluding hydrogens is 322 g/mol. The van der Waals surface area contributed by atoms with Crippen LogP contribution < -0.4 is 4.72 Å².